The number of carbonyl (C=O) groups is 1. The van der Waals surface area contributed by atoms with Crippen molar-refractivity contribution >= 4 is 37.5 Å². The lowest BCUT2D eigenvalue weighted by Crippen LogP contribution is -2.37. The molecule has 0 saturated carbocycles. The lowest BCUT2D eigenvalue weighted by atomic mass is 10.1. The number of benzene rings is 3. The molecule has 0 radical (unpaired) electrons. The third kappa shape index (κ3) is 5.53. The fourth-order valence-corrected chi connectivity index (χ4v) is 4.57. The average Bonchev–Trinajstić information content (AvgIpc) is 2.71. The summed E-state index contributed by atoms with van der Waals surface area (Å²) < 4.78 is 28.3. The molecular weight excluding hydrogens is 452 g/mol. The van der Waals surface area contributed by atoms with Crippen molar-refractivity contribution in [2.24, 2.45) is 0 Å². The van der Waals surface area contributed by atoms with Gasteiger partial charge in [0, 0.05) is 11.0 Å². The van der Waals surface area contributed by atoms with Crippen LogP contribution in [-0.4, -0.2) is 25.2 Å². The van der Waals surface area contributed by atoms with Crippen LogP contribution in [-0.2, 0) is 21.4 Å². The number of hydrogen-bond donors (Lipinski definition) is 1. The standard InChI is InChI=1S/C22H21BrN2O3S/c1-17-11-13-18(14-12-17)15-25(29(27,28)19-7-3-2-4-8-19)16-22(26)24-21-10-6-5-9-20(21)23/h2-14H,15-16H2,1H3,(H,24,26). The fraction of sp³-hybridized carbons (Fsp3) is 0.136. The molecule has 0 aromatic heterocycles. The molecule has 0 spiro atoms. The number of para-hydroxylation sites is 1. The van der Waals surface area contributed by atoms with Gasteiger partial charge < -0.3 is 5.32 Å². The maximum atomic E-state index is 13.2. The molecular formula is C22H21BrN2O3S. The van der Waals surface area contributed by atoms with E-state index < -0.39 is 15.9 Å². The van der Waals surface area contributed by atoms with Crippen molar-refractivity contribution in [1.82, 2.24) is 4.31 Å². The number of nitrogens with zero attached hydrogens (tertiary/aromatic N) is 1. The summed E-state index contributed by atoms with van der Waals surface area (Å²) >= 11 is 3.38. The number of anilines is 1. The first-order valence-corrected chi connectivity index (χ1v) is 11.2. The van der Waals surface area contributed by atoms with E-state index in [0.717, 1.165) is 15.6 Å². The van der Waals surface area contributed by atoms with E-state index in [4.69, 9.17) is 0 Å². The van der Waals surface area contributed by atoms with Gasteiger partial charge in [-0.2, -0.15) is 4.31 Å². The van der Waals surface area contributed by atoms with Crippen LogP contribution in [0.25, 0.3) is 0 Å². The topological polar surface area (TPSA) is 66.5 Å². The van der Waals surface area contributed by atoms with Gasteiger partial charge in [0.05, 0.1) is 17.1 Å². The molecule has 3 aromatic rings. The maximum absolute atomic E-state index is 13.2. The molecule has 0 aliphatic heterocycles. The van der Waals surface area contributed by atoms with Crippen molar-refractivity contribution in [2.75, 3.05) is 11.9 Å². The highest BCUT2D eigenvalue weighted by molar-refractivity contribution is 9.10. The third-order valence-corrected chi connectivity index (χ3v) is 6.83. The molecule has 0 bridgehead atoms. The number of sulfonamides is 1. The molecule has 0 aliphatic carbocycles. The summed E-state index contributed by atoms with van der Waals surface area (Å²) in [6.07, 6.45) is 0. The summed E-state index contributed by atoms with van der Waals surface area (Å²) in [5.74, 6) is -0.413. The number of hydrogen-bond acceptors (Lipinski definition) is 3. The molecule has 0 saturated heterocycles. The predicted octanol–water partition coefficient (Wildman–Crippen LogP) is 4.59. The van der Waals surface area contributed by atoms with Gasteiger partial charge in [-0.25, -0.2) is 8.42 Å². The number of carbonyl (C=O) groups excluding carboxylic acids is 1. The van der Waals surface area contributed by atoms with Gasteiger partial charge in [0.1, 0.15) is 0 Å². The highest BCUT2D eigenvalue weighted by Gasteiger charge is 2.27. The van der Waals surface area contributed by atoms with E-state index in [1.165, 1.54) is 16.4 Å². The lowest BCUT2D eigenvalue weighted by molar-refractivity contribution is -0.116. The van der Waals surface area contributed by atoms with Gasteiger partial charge in [-0.15, -0.1) is 0 Å². The second kappa shape index (κ2) is 9.35. The van der Waals surface area contributed by atoms with Gasteiger partial charge in [0.2, 0.25) is 15.9 Å². The molecule has 5 nitrogen and oxygen atoms in total. The Morgan fingerprint density at radius 1 is 0.931 bits per heavy atom. The minimum atomic E-state index is -3.85. The Kier molecular flexibility index (Phi) is 6.84. The van der Waals surface area contributed by atoms with Crippen LogP contribution in [0.3, 0.4) is 0 Å². The smallest absolute Gasteiger partial charge is 0.243 e. The van der Waals surface area contributed by atoms with Crippen molar-refractivity contribution in [3.8, 4) is 0 Å². The second-order valence-electron chi connectivity index (χ2n) is 6.60. The molecule has 7 heteroatoms. The molecule has 0 heterocycles. The summed E-state index contributed by atoms with van der Waals surface area (Å²) in [6.45, 7) is 1.76. The fourth-order valence-electron chi connectivity index (χ4n) is 2.78. The Morgan fingerprint density at radius 3 is 2.21 bits per heavy atom. The summed E-state index contributed by atoms with van der Waals surface area (Å²) in [4.78, 5) is 12.8. The van der Waals surface area contributed by atoms with Crippen LogP contribution >= 0.6 is 15.9 Å². The van der Waals surface area contributed by atoms with Gasteiger partial charge in [0.15, 0.2) is 0 Å². The molecule has 150 valence electrons. The molecule has 0 atom stereocenters. The zero-order chi connectivity index (χ0) is 20.9. The van der Waals surface area contributed by atoms with Crippen molar-refractivity contribution in [2.45, 2.75) is 18.4 Å². The third-order valence-electron chi connectivity index (χ3n) is 4.33. The maximum Gasteiger partial charge on any atom is 0.243 e. The van der Waals surface area contributed by atoms with Crippen LogP contribution in [0, 0.1) is 6.92 Å². The van der Waals surface area contributed by atoms with Gasteiger partial charge in [0.25, 0.3) is 0 Å². The monoisotopic (exact) mass is 472 g/mol. The summed E-state index contributed by atoms with van der Waals surface area (Å²) in [5.41, 5.74) is 2.48. The molecule has 1 N–H and O–H groups in total. The SMILES string of the molecule is Cc1ccc(CN(CC(=O)Nc2ccccc2Br)S(=O)(=O)c2ccccc2)cc1. The summed E-state index contributed by atoms with van der Waals surface area (Å²) in [6, 6.07) is 22.9. The Bertz CT molecular complexity index is 1080. The molecule has 29 heavy (non-hydrogen) atoms. The van der Waals surface area contributed by atoms with E-state index >= 15 is 0 Å². The van der Waals surface area contributed by atoms with Gasteiger partial charge in [-0.1, -0.05) is 60.2 Å². The normalized spacial score (nSPS) is 11.4. The molecule has 3 rings (SSSR count). The summed E-state index contributed by atoms with van der Waals surface area (Å²) in [5, 5.41) is 2.77. The number of rotatable bonds is 7. The molecule has 3 aromatic carbocycles. The molecule has 0 aliphatic rings. The molecule has 0 unspecified atom stereocenters. The van der Waals surface area contributed by atoms with Crippen LogP contribution in [0.4, 0.5) is 5.69 Å². The quantitative estimate of drug-likeness (QED) is 0.546. The van der Waals surface area contributed by atoms with Crippen LogP contribution < -0.4 is 5.32 Å². The Labute approximate surface area is 179 Å². The van der Waals surface area contributed by atoms with E-state index in [9.17, 15) is 13.2 Å². The number of amides is 1. The van der Waals surface area contributed by atoms with Crippen molar-refractivity contribution in [3.05, 3.63) is 94.5 Å². The van der Waals surface area contributed by atoms with E-state index in [1.807, 2.05) is 37.3 Å². The van der Waals surface area contributed by atoms with Crippen LogP contribution in [0.2, 0.25) is 0 Å². The van der Waals surface area contributed by atoms with E-state index in [-0.39, 0.29) is 18.0 Å². The second-order valence-corrected chi connectivity index (χ2v) is 9.39. The van der Waals surface area contributed by atoms with Crippen LogP contribution in [0.5, 0.6) is 0 Å². The average molecular weight is 473 g/mol. The zero-order valence-corrected chi connectivity index (χ0v) is 18.3. The molecule has 1 amide bonds. The zero-order valence-electron chi connectivity index (χ0n) is 15.9. The van der Waals surface area contributed by atoms with Crippen molar-refractivity contribution < 1.29 is 13.2 Å². The van der Waals surface area contributed by atoms with Crippen LogP contribution in [0.1, 0.15) is 11.1 Å². The molecule has 0 fully saturated rings. The van der Waals surface area contributed by atoms with Gasteiger partial charge in [-0.3, -0.25) is 4.79 Å². The first-order valence-electron chi connectivity index (χ1n) is 9.01. The Hall–Kier alpha value is -2.48. The van der Waals surface area contributed by atoms with E-state index in [1.54, 1.807) is 36.4 Å². The first-order chi connectivity index (χ1) is 13.9. The van der Waals surface area contributed by atoms with Crippen LogP contribution in [0.15, 0.2) is 88.2 Å². The number of aryl methyl sites for hydroxylation is 1. The van der Waals surface area contributed by atoms with Crippen molar-refractivity contribution in [1.29, 1.82) is 0 Å². The highest BCUT2D eigenvalue weighted by atomic mass is 79.9. The van der Waals surface area contributed by atoms with Gasteiger partial charge in [-0.05, 0) is 52.7 Å². The Balaban J connectivity index is 1.87. The largest absolute Gasteiger partial charge is 0.324 e. The lowest BCUT2D eigenvalue weighted by Gasteiger charge is -2.22. The number of nitrogens with one attached hydrogen (secondary N) is 1. The summed E-state index contributed by atoms with van der Waals surface area (Å²) in [7, 11) is -3.85. The minimum absolute atomic E-state index is 0.0981. The first kappa shape index (κ1) is 21.2. The highest BCUT2D eigenvalue weighted by Crippen LogP contribution is 2.22. The minimum Gasteiger partial charge on any atom is -0.324 e. The van der Waals surface area contributed by atoms with Crippen molar-refractivity contribution in [3.63, 3.8) is 0 Å². The van der Waals surface area contributed by atoms with Gasteiger partial charge >= 0.3 is 0 Å². The van der Waals surface area contributed by atoms with E-state index in [0.29, 0.717) is 5.69 Å². The predicted molar refractivity (Wildman–Crippen MR) is 118 cm³/mol. The Morgan fingerprint density at radius 2 is 1.55 bits per heavy atom. The number of halogens is 1. The van der Waals surface area contributed by atoms with E-state index in [2.05, 4.69) is 21.2 Å².